The molecule has 3 heteroatoms. The summed E-state index contributed by atoms with van der Waals surface area (Å²) in [5, 5.41) is 2.94. The molecule has 0 saturated heterocycles. The predicted octanol–water partition coefficient (Wildman–Crippen LogP) is 1.67. The Morgan fingerprint density at radius 2 is 2.07 bits per heavy atom. The van der Waals surface area contributed by atoms with E-state index in [-0.39, 0.29) is 23.3 Å². The van der Waals surface area contributed by atoms with E-state index in [9.17, 15) is 4.79 Å². The molecule has 0 aromatic rings. The number of rotatable bonds is 4. The van der Waals surface area contributed by atoms with Gasteiger partial charge in [-0.25, -0.2) is 0 Å². The molecule has 1 aliphatic rings. The van der Waals surface area contributed by atoms with E-state index in [2.05, 4.69) is 26.1 Å². The molecule has 3 N–H and O–H groups in total. The van der Waals surface area contributed by atoms with E-state index in [1.54, 1.807) is 0 Å². The average molecular weight is 212 g/mol. The Labute approximate surface area is 92.8 Å². The van der Waals surface area contributed by atoms with Gasteiger partial charge in [0, 0.05) is 18.5 Å². The SMILES string of the molecule is CC(C)(C)CC(N)CNC(=O)C1CCC1. The third kappa shape index (κ3) is 4.65. The molecular formula is C12H24N2O. The van der Waals surface area contributed by atoms with Crippen molar-refractivity contribution >= 4 is 5.91 Å². The minimum Gasteiger partial charge on any atom is -0.354 e. The molecule has 1 unspecified atom stereocenters. The first-order valence-corrected chi connectivity index (χ1v) is 5.92. The minimum absolute atomic E-state index is 0.0778. The normalized spacial score (nSPS) is 19.5. The van der Waals surface area contributed by atoms with Crippen molar-refractivity contribution in [1.29, 1.82) is 0 Å². The zero-order valence-corrected chi connectivity index (χ0v) is 10.2. The molecule has 15 heavy (non-hydrogen) atoms. The maximum atomic E-state index is 11.5. The van der Waals surface area contributed by atoms with E-state index < -0.39 is 0 Å². The second-order valence-corrected chi connectivity index (χ2v) is 5.90. The monoisotopic (exact) mass is 212 g/mol. The Balaban J connectivity index is 2.15. The van der Waals surface area contributed by atoms with E-state index in [0.29, 0.717) is 6.54 Å². The van der Waals surface area contributed by atoms with Crippen molar-refractivity contribution in [3.05, 3.63) is 0 Å². The van der Waals surface area contributed by atoms with Crippen molar-refractivity contribution in [2.24, 2.45) is 17.1 Å². The summed E-state index contributed by atoms with van der Waals surface area (Å²) >= 11 is 0. The molecule has 88 valence electrons. The number of amides is 1. The first-order chi connectivity index (χ1) is 6.88. The highest BCUT2D eigenvalue weighted by Gasteiger charge is 2.25. The van der Waals surface area contributed by atoms with Crippen molar-refractivity contribution in [3.63, 3.8) is 0 Å². The molecule has 0 aliphatic heterocycles. The summed E-state index contributed by atoms with van der Waals surface area (Å²) < 4.78 is 0. The summed E-state index contributed by atoms with van der Waals surface area (Å²) in [7, 11) is 0. The Kier molecular flexibility index (Phi) is 4.14. The van der Waals surface area contributed by atoms with Crippen molar-refractivity contribution in [2.75, 3.05) is 6.54 Å². The van der Waals surface area contributed by atoms with E-state index in [1.807, 2.05) is 0 Å². The molecule has 1 aliphatic carbocycles. The molecule has 0 aromatic heterocycles. The lowest BCUT2D eigenvalue weighted by Gasteiger charge is -2.27. The third-order valence-electron chi connectivity index (χ3n) is 2.89. The van der Waals surface area contributed by atoms with Gasteiger partial charge in [0.25, 0.3) is 0 Å². The van der Waals surface area contributed by atoms with E-state index in [1.165, 1.54) is 6.42 Å². The van der Waals surface area contributed by atoms with Crippen LogP contribution in [0.5, 0.6) is 0 Å². The van der Waals surface area contributed by atoms with Crippen LogP contribution in [0.1, 0.15) is 46.5 Å². The van der Waals surface area contributed by atoms with Crippen LogP contribution in [0.3, 0.4) is 0 Å². The van der Waals surface area contributed by atoms with Crippen LogP contribution >= 0.6 is 0 Å². The van der Waals surface area contributed by atoms with Gasteiger partial charge >= 0.3 is 0 Å². The van der Waals surface area contributed by atoms with Gasteiger partial charge in [-0.05, 0) is 24.7 Å². The lowest BCUT2D eigenvalue weighted by atomic mass is 9.84. The van der Waals surface area contributed by atoms with Gasteiger partial charge in [-0.15, -0.1) is 0 Å². The maximum Gasteiger partial charge on any atom is 0.223 e. The standard InChI is InChI=1S/C12H24N2O/c1-12(2,3)7-10(13)8-14-11(15)9-5-4-6-9/h9-10H,4-8,13H2,1-3H3,(H,14,15). The number of carbonyl (C=O) groups excluding carboxylic acids is 1. The van der Waals surface area contributed by atoms with Gasteiger partial charge in [-0.2, -0.15) is 0 Å². The first-order valence-electron chi connectivity index (χ1n) is 5.92. The molecular weight excluding hydrogens is 188 g/mol. The fourth-order valence-corrected chi connectivity index (χ4v) is 1.91. The van der Waals surface area contributed by atoms with Crippen LogP contribution in [0.25, 0.3) is 0 Å². The molecule has 0 radical (unpaired) electrons. The molecule has 1 saturated carbocycles. The first kappa shape index (κ1) is 12.5. The van der Waals surface area contributed by atoms with Crippen LogP contribution in [0, 0.1) is 11.3 Å². The fraction of sp³-hybridized carbons (Fsp3) is 0.917. The summed E-state index contributed by atoms with van der Waals surface area (Å²) in [6.07, 6.45) is 4.25. The lowest BCUT2D eigenvalue weighted by molar-refractivity contribution is -0.127. The highest BCUT2D eigenvalue weighted by atomic mass is 16.1. The van der Waals surface area contributed by atoms with Crippen LogP contribution in [0.2, 0.25) is 0 Å². The molecule has 3 nitrogen and oxygen atoms in total. The number of nitrogens with two attached hydrogens (primary N) is 1. The van der Waals surface area contributed by atoms with Gasteiger partial charge in [-0.1, -0.05) is 27.2 Å². The molecule has 0 heterocycles. The molecule has 1 rings (SSSR count). The van der Waals surface area contributed by atoms with Crippen molar-refractivity contribution in [3.8, 4) is 0 Å². The highest BCUT2D eigenvalue weighted by molar-refractivity contribution is 5.79. The number of carbonyl (C=O) groups is 1. The molecule has 0 aromatic carbocycles. The molecule has 0 bridgehead atoms. The largest absolute Gasteiger partial charge is 0.354 e. The van der Waals surface area contributed by atoms with Crippen molar-refractivity contribution < 1.29 is 4.79 Å². The quantitative estimate of drug-likeness (QED) is 0.744. The average Bonchev–Trinajstić information content (AvgIpc) is 1.94. The third-order valence-corrected chi connectivity index (χ3v) is 2.89. The summed E-state index contributed by atoms with van der Waals surface area (Å²) in [6.45, 7) is 7.12. The van der Waals surface area contributed by atoms with Gasteiger partial charge in [-0.3, -0.25) is 4.79 Å². The Bertz CT molecular complexity index is 216. The van der Waals surface area contributed by atoms with Crippen LogP contribution < -0.4 is 11.1 Å². The highest BCUT2D eigenvalue weighted by Crippen LogP contribution is 2.26. The van der Waals surface area contributed by atoms with Gasteiger partial charge < -0.3 is 11.1 Å². The van der Waals surface area contributed by atoms with Crippen molar-refractivity contribution in [2.45, 2.75) is 52.5 Å². The van der Waals surface area contributed by atoms with E-state index in [4.69, 9.17) is 5.73 Å². The zero-order valence-electron chi connectivity index (χ0n) is 10.2. The van der Waals surface area contributed by atoms with Crippen LogP contribution in [0.15, 0.2) is 0 Å². The van der Waals surface area contributed by atoms with Crippen molar-refractivity contribution in [1.82, 2.24) is 5.32 Å². The molecule has 1 atom stereocenters. The zero-order chi connectivity index (χ0) is 11.5. The maximum absolute atomic E-state index is 11.5. The Morgan fingerprint density at radius 1 is 1.47 bits per heavy atom. The summed E-state index contributed by atoms with van der Waals surface area (Å²) in [5.41, 5.74) is 6.19. The Hall–Kier alpha value is -0.570. The van der Waals surface area contributed by atoms with Gasteiger partial charge in [0.1, 0.15) is 0 Å². The molecule has 1 amide bonds. The lowest BCUT2D eigenvalue weighted by Crippen LogP contribution is -2.42. The number of hydrogen-bond acceptors (Lipinski definition) is 2. The molecule has 0 spiro atoms. The fourth-order valence-electron chi connectivity index (χ4n) is 1.91. The topological polar surface area (TPSA) is 55.1 Å². The Morgan fingerprint density at radius 3 is 2.47 bits per heavy atom. The van der Waals surface area contributed by atoms with E-state index >= 15 is 0 Å². The summed E-state index contributed by atoms with van der Waals surface area (Å²) in [5.74, 6) is 0.470. The number of nitrogens with one attached hydrogen (secondary N) is 1. The van der Waals surface area contributed by atoms with Crippen LogP contribution in [-0.2, 0) is 4.79 Å². The van der Waals surface area contributed by atoms with Crippen LogP contribution in [0.4, 0.5) is 0 Å². The summed E-state index contributed by atoms with van der Waals surface area (Å²) in [6, 6.07) is 0.0778. The second-order valence-electron chi connectivity index (χ2n) is 5.90. The second kappa shape index (κ2) is 4.97. The predicted molar refractivity (Wildman–Crippen MR) is 62.4 cm³/mol. The smallest absolute Gasteiger partial charge is 0.223 e. The van der Waals surface area contributed by atoms with E-state index in [0.717, 1.165) is 19.3 Å². The van der Waals surface area contributed by atoms with Gasteiger partial charge in [0.05, 0.1) is 0 Å². The van der Waals surface area contributed by atoms with Gasteiger partial charge in [0.15, 0.2) is 0 Å². The minimum atomic E-state index is 0.0778. The summed E-state index contributed by atoms with van der Waals surface area (Å²) in [4.78, 5) is 11.5. The number of hydrogen-bond donors (Lipinski definition) is 2. The van der Waals surface area contributed by atoms with Crippen LogP contribution in [-0.4, -0.2) is 18.5 Å². The van der Waals surface area contributed by atoms with Gasteiger partial charge in [0.2, 0.25) is 5.91 Å². The molecule has 1 fully saturated rings.